The Balaban J connectivity index is 1.65. The lowest BCUT2D eigenvalue weighted by atomic mass is 9.74. The molecule has 0 unspecified atom stereocenters. The smallest absolute Gasteiger partial charge is 0.277 e. The Labute approximate surface area is 208 Å². The fraction of sp³-hybridized carbons (Fsp3) is 0.250. The van der Waals surface area contributed by atoms with Gasteiger partial charge in [0.1, 0.15) is 28.9 Å². The molecule has 0 radical (unpaired) electrons. The minimum atomic E-state index is -1.66. The molecule has 1 amide bonds. The van der Waals surface area contributed by atoms with Crippen molar-refractivity contribution in [1.29, 1.82) is 0 Å². The van der Waals surface area contributed by atoms with Gasteiger partial charge < -0.3 is 24.4 Å². The summed E-state index contributed by atoms with van der Waals surface area (Å²) in [5.41, 5.74) is 0.671. The van der Waals surface area contributed by atoms with Crippen molar-refractivity contribution in [3.05, 3.63) is 83.4 Å². The van der Waals surface area contributed by atoms with E-state index in [0.29, 0.717) is 46.2 Å². The van der Waals surface area contributed by atoms with Gasteiger partial charge in [-0.2, -0.15) is 0 Å². The van der Waals surface area contributed by atoms with Gasteiger partial charge in [0.25, 0.3) is 11.5 Å². The molecule has 0 aromatic heterocycles. The van der Waals surface area contributed by atoms with Gasteiger partial charge in [0, 0.05) is 22.4 Å². The van der Waals surface area contributed by atoms with E-state index >= 15 is 0 Å². The van der Waals surface area contributed by atoms with E-state index < -0.39 is 17.4 Å². The van der Waals surface area contributed by atoms with Crippen molar-refractivity contribution in [3.63, 3.8) is 0 Å². The Morgan fingerprint density at radius 2 is 1.78 bits per heavy atom. The highest BCUT2D eigenvalue weighted by molar-refractivity contribution is 6.25. The minimum absolute atomic E-state index is 0.286. The van der Waals surface area contributed by atoms with Crippen molar-refractivity contribution in [2.24, 2.45) is 11.1 Å². The number of ether oxygens (including phenoxy) is 3. The van der Waals surface area contributed by atoms with Gasteiger partial charge >= 0.3 is 0 Å². The zero-order valence-electron chi connectivity index (χ0n) is 20.2. The first-order valence-corrected chi connectivity index (χ1v) is 11.7. The van der Waals surface area contributed by atoms with Crippen LogP contribution < -0.4 is 19.5 Å². The summed E-state index contributed by atoms with van der Waals surface area (Å²) >= 11 is 0. The third-order valence-corrected chi connectivity index (χ3v) is 6.44. The third kappa shape index (κ3) is 3.66. The van der Waals surface area contributed by atoms with Crippen molar-refractivity contribution in [2.75, 3.05) is 26.1 Å². The lowest BCUT2D eigenvalue weighted by Gasteiger charge is -2.27. The third-order valence-electron chi connectivity index (χ3n) is 6.44. The number of carbonyl (C=O) groups is 2. The maximum Gasteiger partial charge on any atom is 0.277 e. The molecule has 1 spiro atoms. The first kappa shape index (κ1) is 23.4. The number of rotatable bonds is 8. The maximum atomic E-state index is 14.2. The molecule has 3 aromatic rings. The Bertz CT molecular complexity index is 1350. The highest BCUT2D eigenvalue weighted by Crippen LogP contribution is 2.50. The molecule has 0 saturated carbocycles. The number of Topliss-reactive ketones (excluding diaryl/α,β-unsaturated/α-hetero) is 1. The van der Waals surface area contributed by atoms with E-state index in [1.807, 2.05) is 13.0 Å². The van der Waals surface area contributed by atoms with Crippen molar-refractivity contribution >= 4 is 23.1 Å². The molecule has 36 heavy (non-hydrogen) atoms. The van der Waals surface area contributed by atoms with E-state index in [9.17, 15) is 9.59 Å². The number of nitrogens with zero attached hydrogens (tertiary/aromatic N) is 1. The number of hydrogen-bond acceptors (Lipinski definition) is 7. The number of ketones is 1. The Morgan fingerprint density at radius 1 is 1.03 bits per heavy atom. The van der Waals surface area contributed by atoms with Gasteiger partial charge in [-0.3, -0.25) is 9.59 Å². The predicted molar refractivity (Wildman–Crippen MR) is 134 cm³/mol. The van der Waals surface area contributed by atoms with E-state index in [0.717, 1.165) is 6.42 Å². The number of anilines is 1. The quantitative estimate of drug-likeness (QED) is 0.469. The van der Waals surface area contributed by atoms with Crippen LogP contribution in [0.3, 0.4) is 0 Å². The van der Waals surface area contributed by atoms with E-state index in [2.05, 4.69) is 10.5 Å². The molecular weight excluding hydrogens is 460 g/mol. The van der Waals surface area contributed by atoms with Crippen LogP contribution in [0.4, 0.5) is 5.69 Å². The number of fused-ring (bicyclic) bond motifs is 2. The highest BCUT2D eigenvalue weighted by Gasteiger charge is 2.63. The first-order valence-electron chi connectivity index (χ1n) is 11.7. The number of amides is 1. The van der Waals surface area contributed by atoms with Gasteiger partial charge in [-0.15, -0.1) is 0 Å². The molecule has 2 aliphatic heterocycles. The molecule has 184 valence electrons. The Hall–Kier alpha value is -4.33. The molecule has 8 nitrogen and oxygen atoms in total. The summed E-state index contributed by atoms with van der Waals surface area (Å²) in [5.74, 6) is -0.157. The number of carbonyl (C=O) groups excluding carboxylic acids is 2. The normalized spacial score (nSPS) is 19.8. The van der Waals surface area contributed by atoms with Crippen molar-refractivity contribution in [2.45, 2.75) is 18.9 Å². The second-order valence-corrected chi connectivity index (χ2v) is 8.54. The molecule has 3 aromatic carbocycles. The highest BCUT2D eigenvalue weighted by atomic mass is 16.7. The molecule has 5 rings (SSSR count). The molecular formula is C28H26N2O6. The topological polar surface area (TPSA) is 95.5 Å². The molecule has 8 heteroatoms. The lowest BCUT2D eigenvalue weighted by Crippen LogP contribution is -2.46. The van der Waals surface area contributed by atoms with Crippen LogP contribution in [0, 0.1) is 5.92 Å². The molecule has 2 aliphatic rings. The van der Waals surface area contributed by atoms with Crippen LogP contribution in [-0.4, -0.2) is 38.2 Å². The monoisotopic (exact) mass is 486 g/mol. The average Bonchev–Trinajstić information content (AvgIpc) is 3.45. The van der Waals surface area contributed by atoms with E-state index in [1.165, 1.54) is 7.11 Å². The molecule has 2 heterocycles. The van der Waals surface area contributed by atoms with Crippen LogP contribution in [0.15, 0.2) is 71.9 Å². The van der Waals surface area contributed by atoms with Gasteiger partial charge in [-0.05, 0) is 55.0 Å². The molecule has 0 fully saturated rings. The number of benzene rings is 3. The number of para-hydroxylation sites is 1. The van der Waals surface area contributed by atoms with E-state index in [-0.39, 0.29) is 11.5 Å². The molecule has 1 N–H and O–H groups in total. The summed E-state index contributed by atoms with van der Waals surface area (Å²) in [4.78, 5) is 33.6. The largest absolute Gasteiger partial charge is 0.497 e. The second-order valence-electron chi connectivity index (χ2n) is 8.54. The fourth-order valence-corrected chi connectivity index (χ4v) is 4.68. The van der Waals surface area contributed by atoms with Crippen molar-refractivity contribution in [3.8, 4) is 17.2 Å². The van der Waals surface area contributed by atoms with Gasteiger partial charge in [-0.25, -0.2) is 0 Å². The van der Waals surface area contributed by atoms with Gasteiger partial charge in [0.15, 0.2) is 5.78 Å². The standard InChI is InChI=1S/C28H26N2O6/c1-4-15-35-18-11-9-17(10-12-18)26(31)24-25(20-16-19(33-2)13-14-23(20)34-3)30-36-28(24)21-7-5-6-8-22(21)29-27(28)32/h5-14,16,24H,4,15H2,1-3H3,(H,29,32)/t24-,28+/m1/s1. The van der Waals surface area contributed by atoms with Crippen LogP contribution in [0.25, 0.3) is 0 Å². The maximum absolute atomic E-state index is 14.2. The molecule has 0 aliphatic carbocycles. The summed E-state index contributed by atoms with van der Waals surface area (Å²) in [7, 11) is 3.08. The zero-order chi connectivity index (χ0) is 25.3. The number of nitrogens with one attached hydrogen (secondary N) is 1. The number of oxime groups is 1. The van der Waals surface area contributed by atoms with Crippen molar-refractivity contribution in [1.82, 2.24) is 0 Å². The lowest BCUT2D eigenvalue weighted by molar-refractivity contribution is -0.140. The minimum Gasteiger partial charge on any atom is -0.497 e. The summed E-state index contributed by atoms with van der Waals surface area (Å²) in [6.45, 7) is 2.60. The molecule has 0 bridgehead atoms. The molecule has 0 saturated heterocycles. The number of methoxy groups -OCH3 is 2. The van der Waals surface area contributed by atoms with Crippen molar-refractivity contribution < 1.29 is 28.6 Å². The van der Waals surface area contributed by atoms with Crippen LogP contribution in [0.5, 0.6) is 17.2 Å². The van der Waals surface area contributed by atoms with Gasteiger partial charge in [0.05, 0.1) is 20.8 Å². The Kier molecular flexibility index (Phi) is 6.10. The summed E-state index contributed by atoms with van der Waals surface area (Å²) in [6.07, 6.45) is 0.874. The van der Waals surface area contributed by atoms with E-state index in [1.54, 1.807) is 67.8 Å². The average molecular weight is 487 g/mol. The SMILES string of the molecule is CCCOc1ccc(C(=O)[C@H]2C(c3cc(OC)ccc3OC)=NO[C@]23C(=O)Nc2ccccc23)cc1. The van der Waals surface area contributed by atoms with Crippen LogP contribution in [0.1, 0.15) is 34.8 Å². The summed E-state index contributed by atoms with van der Waals surface area (Å²) in [6, 6.07) is 19.2. The van der Waals surface area contributed by atoms with Crippen LogP contribution in [-0.2, 0) is 15.2 Å². The molecule has 2 atom stereocenters. The van der Waals surface area contributed by atoms with Crippen LogP contribution in [0.2, 0.25) is 0 Å². The van der Waals surface area contributed by atoms with Gasteiger partial charge in [-0.1, -0.05) is 30.3 Å². The van der Waals surface area contributed by atoms with Gasteiger partial charge in [0.2, 0.25) is 0 Å². The van der Waals surface area contributed by atoms with E-state index in [4.69, 9.17) is 19.0 Å². The fourth-order valence-electron chi connectivity index (χ4n) is 4.68. The summed E-state index contributed by atoms with van der Waals surface area (Å²) < 4.78 is 16.6. The Morgan fingerprint density at radius 3 is 2.50 bits per heavy atom. The summed E-state index contributed by atoms with van der Waals surface area (Å²) in [5, 5.41) is 7.19. The second kappa shape index (κ2) is 9.37. The zero-order valence-corrected chi connectivity index (χ0v) is 20.2. The first-order chi connectivity index (χ1) is 17.5. The number of hydrogen-bond donors (Lipinski definition) is 1. The predicted octanol–water partition coefficient (Wildman–Crippen LogP) is 4.57. The van der Waals surface area contributed by atoms with Crippen LogP contribution >= 0.6 is 0 Å².